The van der Waals surface area contributed by atoms with Crippen molar-refractivity contribution in [3.63, 3.8) is 0 Å². The second-order valence-electron chi connectivity index (χ2n) is 7.63. The van der Waals surface area contributed by atoms with E-state index in [1.165, 1.54) is 5.56 Å². The maximum Gasteiger partial charge on any atom is 0.310 e. The van der Waals surface area contributed by atoms with Gasteiger partial charge in [-0.05, 0) is 29.9 Å². The second-order valence-corrected chi connectivity index (χ2v) is 7.63. The van der Waals surface area contributed by atoms with Crippen LogP contribution in [0.25, 0.3) is 0 Å². The third-order valence-electron chi connectivity index (χ3n) is 5.24. The number of ether oxygens (including phenoxy) is 1. The SMILES string of the molecule is C=CC(C)=CC1C(C(=O)OCc2coc(Cc3ccccc3)c2)C1(C)C. The minimum absolute atomic E-state index is 0.0593. The first-order chi connectivity index (χ1) is 12.4. The topological polar surface area (TPSA) is 39.4 Å². The van der Waals surface area contributed by atoms with Crippen LogP contribution in [-0.2, 0) is 22.6 Å². The Bertz CT molecular complexity index is 811. The molecule has 1 saturated carbocycles. The van der Waals surface area contributed by atoms with E-state index in [0.717, 1.165) is 23.3 Å². The Morgan fingerprint density at radius 1 is 1.27 bits per heavy atom. The summed E-state index contributed by atoms with van der Waals surface area (Å²) in [6.07, 6.45) is 6.34. The molecule has 3 heteroatoms. The predicted molar refractivity (Wildman–Crippen MR) is 102 cm³/mol. The summed E-state index contributed by atoms with van der Waals surface area (Å²) in [4.78, 5) is 12.5. The van der Waals surface area contributed by atoms with E-state index in [-0.39, 0.29) is 29.8 Å². The lowest BCUT2D eigenvalue weighted by Gasteiger charge is -2.03. The molecule has 0 radical (unpaired) electrons. The van der Waals surface area contributed by atoms with Gasteiger partial charge in [-0.1, -0.05) is 68.5 Å². The highest BCUT2D eigenvalue weighted by atomic mass is 16.5. The van der Waals surface area contributed by atoms with Crippen molar-refractivity contribution in [1.82, 2.24) is 0 Å². The summed E-state index contributed by atoms with van der Waals surface area (Å²) in [5.41, 5.74) is 3.11. The van der Waals surface area contributed by atoms with Gasteiger partial charge >= 0.3 is 5.97 Å². The normalized spacial score (nSPS) is 21.3. The average molecular weight is 350 g/mol. The molecule has 0 aliphatic heterocycles. The van der Waals surface area contributed by atoms with Crippen molar-refractivity contribution in [1.29, 1.82) is 0 Å². The molecule has 1 heterocycles. The van der Waals surface area contributed by atoms with Gasteiger partial charge in [-0.2, -0.15) is 0 Å². The summed E-state index contributed by atoms with van der Waals surface area (Å²) >= 11 is 0. The van der Waals surface area contributed by atoms with Crippen LogP contribution in [0.2, 0.25) is 0 Å². The molecule has 1 aromatic carbocycles. The number of esters is 1. The van der Waals surface area contributed by atoms with Gasteiger partial charge in [0.1, 0.15) is 12.4 Å². The van der Waals surface area contributed by atoms with Crippen molar-refractivity contribution in [2.45, 2.75) is 33.8 Å². The number of hydrogen-bond donors (Lipinski definition) is 0. The van der Waals surface area contributed by atoms with Crippen molar-refractivity contribution in [2.24, 2.45) is 17.3 Å². The predicted octanol–water partition coefficient (Wildman–Crippen LogP) is 5.32. The second kappa shape index (κ2) is 7.36. The van der Waals surface area contributed by atoms with Gasteiger partial charge in [-0.3, -0.25) is 4.79 Å². The zero-order valence-corrected chi connectivity index (χ0v) is 15.7. The monoisotopic (exact) mass is 350 g/mol. The number of furan rings is 1. The molecule has 2 unspecified atom stereocenters. The minimum atomic E-state index is -0.140. The van der Waals surface area contributed by atoms with E-state index < -0.39 is 0 Å². The van der Waals surface area contributed by atoms with Crippen molar-refractivity contribution >= 4 is 5.97 Å². The van der Waals surface area contributed by atoms with E-state index >= 15 is 0 Å². The lowest BCUT2D eigenvalue weighted by Crippen LogP contribution is -2.10. The fraction of sp³-hybridized carbons (Fsp3) is 0.348. The van der Waals surface area contributed by atoms with Crippen LogP contribution in [0.4, 0.5) is 0 Å². The fourth-order valence-corrected chi connectivity index (χ4v) is 3.43. The lowest BCUT2D eigenvalue weighted by molar-refractivity contribution is -0.147. The first-order valence-corrected chi connectivity index (χ1v) is 8.99. The average Bonchev–Trinajstić information content (AvgIpc) is 2.95. The third kappa shape index (κ3) is 3.98. The highest BCUT2D eigenvalue weighted by molar-refractivity contribution is 5.78. The van der Waals surface area contributed by atoms with Gasteiger partial charge in [0.2, 0.25) is 0 Å². The summed E-state index contributed by atoms with van der Waals surface area (Å²) in [5.74, 6) is 0.856. The maximum atomic E-state index is 12.5. The molecule has 136 valence electrons. The van der Waals surface area contributed by atoms with Gasteiger partial charge in [-0.25, -0.2) is 0 Å². The molecule has 0 amide bonds. The van der Waals surface area contributed by atoms with Crippen LogP contribution in [0.5, 0.6) is 0 Å². The molecule has 3 nitrogen and oxygen atoms in total. The quantitative estimate of drug-likeness (QED) is 0.501. The summed E-state index contributed by atoms with van der Waals surface area (Å²) in [5, 5.41) is 0. The molecule has 0 bridgehead atoms. The lowest BCUT2D eigenvalue weighted by atomic mass is 10.1. The number of rotatable bonds is 7. The van der Waals surface area contributed by atoms with Gasteiger partial charge in [0.05, 0.1) is 12.2 Å². The van der Waals surface area contributed by atoms with Crippen LogP contribution < -0.4 is 0 Å². The van der Waals surface area contributed by atoms with Crippen LogP contribution in [0.15, 0.2) is 71.4 Å². The van der Waals surface area contributed by atoms with Gasteiger partial charge in [0.25, 0.3) is 0 Å². The van der Waals surface area contributed by atoms with E-state index in [2.05, 4.69) is 38.6 Å². The molecule has 1 fully saturated rings. The Hall–Kier alpha value is -2.55. The minimum Gasteiger partial charge on any atom is -0.469 e. The van der Waals surface area contributed by atoms with E-state index in [1.54, 1.807) is 6.26 Å². The van der Waals surface area contributed by atoms with Crippen molar-refractivity contribution in [2.75, 3.05) is 0 Å². The summed E-state index contributed by atoms with van der Waals surface area (Å²) in [7, 11) is 0. The first-order valence-electron chi connectivity index (χ1n) is 8.99. The Morgan fingerprint density at radius 3 is 2.69 bits per heavy atom. The summed E-state index contributed by atoms with van der Waals surface area (Å²) < 4.78 is 11.1. The third-order valence-corrected chi connectivity index (χ3v) is 5.24. The van der Waals surface area contributed by atoms with E-state index in [9.17, 15) is 4.79 Å². The van der Waals surface area contributed by atoms with E-state index in [0.29, 0.717) is 0 Å². The Balaban J connectivity index is 1.55. The summed E-state index contributed by atoms with van der Waals surface area (Å²) in [6.45, 7) is 10.2. The number of allylic oxidation sites excluding steroid dienone is 3. The van der Waals surface area contributed by atoms with Gasteiger partial charge in [-0.15, -0.1) is 0 Å². The van der Waals surface area contributed by atoms with Crippen LogP contribution in [0, 0.1) is 17.3 Å². The molecule has 0 N–H and O–H groups in total. The smallest absolute Gasteiger partial charge is 0.310 e. The van der Waals surface area contributed by atoms with Gasteiger partial charge in [0, 0.05) is 12.0 Å². The van der Waals surface area contributed by atoms with Crippen molar-refractivity contribution < 1.29 is 13.9 Å². The van der Waals surface area contributed by atoms with Crippen LogP contribution in [0.3, 0.4) is 0 Å². The highest BCUT2D eigenvalue weighted by Gasteiger charge is 2.61. The molecule has 3 rings (SSSR count). The molecule has 2 atom stereocenters. The molecule has 1 aliphatic carbocycles. The number of benzene rings is 1. The maximum absolute atomic E-state index is 12.5. The van der Waals surface area contributed by atoms with Crippen LogP contribution >= 0.6 is 0 Å². The zero-order chi connectivity index (χ0) is 18.7. The molecular weight excluding hydrogens is 324 g/mol. The van der Waals surface area contributed by atoms with Crippen molar-refractivity contribution in [3.8, 4) is 0 Å². The highest BCUT2D eigenvalue weighted by Crippen LogP contribution is 2.59. The Labute approximate surface area is 155 Å². The number of carbonyl (C=O) groups excluding carboxylic acids is 1. The Kier molecular flexibility index (Phi) is 5.17. The van der Waals surface area contributed by atoms with Gasteiger partial charge < -0.3 is 9.15 Å². The molecule has 0 saturated heterocycles. The molecule has 26 heavy (non-hydrogen) atoms. The van der Waals surface area contributed by atoms with E-state index in [1.807, 2.05) is 37.3 Å². The number of carbonyl (C=O) groups is 1. The first kappa shape index (κ1) is 18.2. The van der Waals surface area contributed by atoms with Crippen LogP contribution in [-0.4, -0.2) is 5.97 Å². The number of hydrogen-bond acceptors (Lipinski definition) is 3. The van der Waals surface area contributed by atoms with E-state index in [4.69, 9.17) is 9.15 Å². The molecule has 1 aromatic heterocycles. The molecule has 0 spiro atoms. The van der Waals surface area contributed by atoms with Crippen molar-refractivity contribution in [3.05, 3.63) is 83.9 Å². The zero-order valence-electron chi connectivity index (χ0n) is 15.7. The molecule has 1 aliphatic rings. The largest absolute Gasteiger partial charge is 0.469 e. The molecule has 2 aromatic rings. The van der Waals surface area contributed by atoms with Crippen LogP contribution in [0.1, 0.15) is 37.7 Å². The standard InChI is InChI=1S/C23H26O3/c1-5-16(2)11-20-21(23(20,3)4)22(24)26-15-18-13-19(25-14-18)12-17-9-7-6-8-10-17/h5-11,13-14,20-21H,1,12,15H2,2-4H3. The molecular formula is C23H26O3. The Morgan fingerprint density at radius 2 is 2.00 bits per heavy atom. The summed E-state index contributed by atoms with van der Waals surface area (Å²) in [6, 6.07) is 12.1. The van der Waals surface area contributed by atoms with Gasteiger partial charge in [0.15, 0.2) is 0 Å². The fourth-order valence-electron chi connectivity index (χ4n) is 3.43.